The SMILES string of the molecule is CC(OC(=O)CCc1ccccc1F)OC(=O)CCc1ccccc1F. The number of aryl methyl sites for hydroxylation is 2. The summed E-state index contributed by atoms with van der Waals surface area (Å²) in [5, 5.41) is 0. The van der Waals surface area contributed by atoms with Gasteiger partial charge in [0.2, 0.25) is 6.29 Å². The Morgan fingerprint density at radius 2 is 1.19 bits per heavy atom. The van der Waals surface area contributed by atoms with Crippen LogP contribution in [0.1, 0.15) is 30.9 Å². The van der Waals surface area contributed by atoms with E-state index in [0.717, 1.165) is 0 Å². The maximum atomic E-state index is 13.5. The summed E-state index contributed by atoms with van der Waals surface area (Å²) in [6.07, 6.45) is -0.731. The molecule has 0 radical (unpaired) electrons. The molecule has 0 fully saturated rings. The smallest absolute Gasteiger partial charge is 0.309 e. The van der Waals surface area contributed by atoms with Gasteiger partial charge in [0, 0.05) is 19.8 Å². The minimum absolute atomic E-state index is 0.0297. The maximum Gasteiger partial charge on any atom is 0.309 e. The third-order valence-electron chi connectivity index (χ3n) is 3.71. The topological polar surface area (TPSA) is 52.6 Å². The summed E-state index contributed by atoms with van der Waals surface area (Å²) in [7, 11) is 0. The summed E-state index contributed by atoms with van der Waals surface area (Å²) in [5.41, 5.74) is 0.831. The summed E-state index contributed by atoms with van der Waals surface area (Å²) >= 11 is 0. The van der Waals surface area contributed by atoms with Crippen molar-refractivity contribution in [2.24, 2.45) is 0 Å². The van der Waals surface area contributed by atoms with Crippen molar-refractivity contribution in [1.29, 1.82) is 0 Å². The van der Waals surface area contributed by atoms with Crippen LogP contribution in [0.4, 0.5) is 8.78 Å². The van der Waals surface area contributed by atoms with Gasteiger partial charge in [-0.15, -0.1) is 0 Å². The molecule has 0 aliphatic rings. The fraction of sp³-hybridized carbons (Fsp3) is 0.300. The molecule has 0 aliphatic heterocycles. The number of hydrogen-bond donors (Lipinski definition) is 0. The molecule has 0 bridgehead atoms. The van der Waals surface area contributed by atoms with Crippen LogP contribution in [0, 0.1) is 11.6 Å². The number of rotatable bonds is 8. The van der Waals surface area contributed by atoms with Crippen LogP contribution < -0.4 is 0 Å². The first-order valence-corrected chi connectivity index (χ1v) is 8.31. The van der Waals surface area contributed by atoms with Crippen LogP contribution >= 0.6 is 0 Å². The summed E-state index contributed by atoms with van der Waals surface area (Å²) in [6.45, 7) is 1.42. The average Bonchev–Trinajstić information content (AvgIpc) is 2.60. The molecule has 2 aromatic carbocycles. The minimum atomic E-state index is -1.06. The molecule has 26 heavy (non-hydrogen) atoms. The van der Waals surface area contributed by atoms with Gasteiger partial charge in [-0.1, -0.05) is 36.4 Å². The van der Waals surface area contributed by atoms with E-state index in [1.54, 1.807) is 36.4 Å². The third kappa shape index (κ3) is 6.27. The van der Waals surface area contributed by atoms with Crippen LogP contribution in [-0.2, 0) is 31.9 Å². The molecule has 0 saturated heterocycles. The molecule has 0 atom stereocenters. The molecule has 138 valence electrons. The van der Waals surface area contributed by atoms with Crippen LogP contribution in [0.2, 0.25) is 0 Å². The van der Waals surface area contributed by atoms with Crippen molar-refractivity contribution in [2.75, 3.05) is 0 Å². The van der Waals surface area contributed by atoms with Gasteiger partial charge < -0.3 is 9.47 Å². The normalized spacial score (nSPS) is 10.6. The van der Waals surface area contributed by atoms with Crippen LogP contribution in [0.3, 0.4) is 0 Å². The molecule has 0 amide bonds. The van der Waals surface area contributed by atoms with Gasteiger partial charge in [0.25, 0.3) is 0 Å². The van der Waals surface area contributed by atoms with Gasteiger partial charge in [-0.3, -0.25) is 9.59 Å². The number of ether oxygens (including phenoxy) is 2. The van der Waals surface area contributed by atoms with E-state index in [0.29, 0.717) is 11.1 Å². The third-order valence-corrected chi connectivity index (χ3v) is 3.71. The molecule has 0 aliphatic carbocycles. The van der Waals surface area contributed by atoms with Crippen molar-refractivity contribution in [3.05, 3.63) is 71.3 Å². The Labute approximate surface area is 150 Å². The van der Waals surface area contributed by atoms with Crippen LogP contribution in [-0.4, -0.2) is 18.2 Å². The van der Waals surface area contributed by atoms with E-state index in [9.17, 15) is 18.4 Å². The van der Waals surface area contributed by atoms with Crippen molar-refractivity contribution < 1.29 is 27.8 Å². The number of esters is 2. The Morgan fingerprint density at radius 1 is 0.808 bits per heavy atom. The van der Waals surface area contributed by atoms with E-state index >= 15 is 0 Å². The summed E-state index contributed by atoms with van der Waals surface area (Å²) in [4.78, 5) is 23.5. The number of halogens is 2. The molecule has 0 saturated carbocycles. The first-order valence-electron chi connectivity index (χ1n) is 8.31. The summed E-state index contributed by atoms with van der Waals surface area (Å²) in [6, 6.07) is 12.3. The molecule has 2 aromatic rings. The molecule has 6 heteroatoms. The highest BCUT2D eigenvalue weighted by Gasteiger charge is 2.15. The Kier molecular flexibility index (Phi) is 7.26. The second kappa shape index (κ2) is 9.65. The zero-order chi connectivity index (χ0) is 18.9. The number of benzene rings is 2. The summed E-state index contributed by atoms with van der Waals surface area (Å²) in [5.74, 6) is -1.95. The Morgan fingerprint density at radius 3 is 1.58 bits per heavy atom. The van der Waals surface area contributed by atoms with Crippen molar-refractivity contribution in [1.82, 2.24) is 0 Å². The lowest BCUT2D eigenvalue weighted by Crippen LogP contribution is -2.22. The molecular weight excluding hydrogens is 342 g/mol. The number of carbonyl (C=O) groups excluding carboxylic acids is 2. The highest BCUT2D eigenvalue weighted by Crippen LogP contribution is 2.12. The van der Waals surface area contributed by atoms with Gasteiger partial charge in [0.1, 0.15) is 11.6 Å². The number of hydrogen-bond acceptors (Lipinski definition) is 4. The first-order chi connectivity index (χ1) is 12.5. The lowest BCUT2D eigenvalue weighted by molar-refractivity contribution is -0.184. The second-order valence-electron chi connectivity index (χ2n) is 5.73. The lowest BCUT2D eigenvalue weighted by atomic mass is 10.1. The number of carbonyl (C=O) groups is 2. The van der Waals surface area contributed by atoms with E-state index in [1.807, 2.05) is 0 Å². The molecule has 0 N–H and O–H groups in total. The van der Waals surface area contributed by atoms with E-state index in [2.05, 4.69) is 0 Å². The summed E-state index contributed by atoms with van der Waals surface area (Å²) < 4.78 is 36.9. The fourth-order valence-electron chi connectivity index (χ4n) is 2.39. The fourth-order valence-corrected chi connectivity index (χ4v) is 2.39. The van der Waals surface area contributed by atoms with E-state index in [1.165, 1.54) is 19.1 Å². The molecule has 0 aromatic heterocycles. The van der Waals surface area contributed by atoms with Crippen molar-refractivity contribution in [3.63, 3.8) is 0 Å². The van der Waals surface area contributed by atoms with Crippen LogP contribution in [0.25, 0.3) is 0 Å². The van der Waals surface area contributed by atoms with Crippen LogP contribution in [0.5, 0.6) is 0 Å². The van der Waals surface area contributed by atoms with Gasteiger partial charge in [-0.25, -0.2) is 8.78 Å². The standard InChI is InChI=1S/C20H20F2O4/c1-14(25-19(23)12-10-15-6-2-4-8-17(15)21)26-20(24)13-11-16-7-3-5-9-18(16)22/h2-9,14H,10-13H2,1H3. The largest absolute Gasteiger partial charge is 0.425 e. The predicted molar refractivity (Wildman–Crippen MR) is 91.1 cm³/mol. The van der Waals surface area contributed by atoms with E-state index in [-0.39, 0.29) is 37.3 Å². The monoisotopic (exact) mass is 362 g/mol. The molecular formula is C20H20F2O4. The van der Waals surface area contributed by atoms with Gasteiger partial charge in [0.15, 0.2) is 0 Å². The Hall–Kier alpha value is -2.76. The molecule has 0 heterocycles. The van der Waals surface area contributed by atoms with Crippen LogP contribution in [0.15, 0.2) is 48.5 Å². The zero-order valence-corrected chi connectivity index (χ0v) is 14.4. The highest BCUT2D eigenvalue weighted by atomic mass is 19.1. The van der Waals surface area contributed by atoms with E-state index < -0.39 is 18.2 Å². The average molecular weight is 362 g/mol. The Bertz CT molecular complexity index is 697. The molecule has 4 nitrogen and oxygen atoms in total. The second-order valence-corrected chi connectivity index (χ2v) is 5.73. The maximum absolute atomic E-state index is 13.5. The quantitative estimate of drug-likeness (QED) is 0.527. The van der Waals surface area contributed by atoms with Gasteiger partial charge in [-0.2, -0.15) is 0 Å². The lowest BCUT2D eigenvalue weighted by Gasteiger charge is -2.14. The van der Waals surface area contributed by atoms with E-state index in [4.69, 9.17) is 9.47 Å². The Balaban J connectivity index is 1.71. The molecule has 0 unspecified atom stereocenters. The zero-order valence-electron chi connectivity index (χ0n) is 14.4. The van der Waals surface area contributed by atoms with Crippen molar-refractivity contribution in [2.45, 2.75) is 38.9 Å². The first kappa shape index (κ1) is 19.6. The molecule has 0 spiro atoms. The van der Waals surface area contributed by atoms with Gasteiger partial charge in [-0.05, 0) is 36.1 Å². The van der Waals surface area contributed by atoms with Gasteiger partial charge >= 0.3 is 11.9 Å². The molecule has 2 rings (SSSR count). The predicted octanol–water partition coefficient (Wildman–Crippen LogP) is 3.96. The minimum Gasteiger partial charge on any atom is -0.425 e. The van der Waals surface area contributed by atoms with Gasteiger partial charge in [0.05, 0.1) is 0 Å². The highest BCUT2D eigenvalue weighted by molar-refractivity contribution is 5.71. The van der Waals surface area contributed by atoms with Crippen molar-refractivity contribution in [3.8, 4) is 0 Å². The van der Waals surface area contributed by atoms with Crippen molar-refractivity contribution >= 4 is 11.9 Å².